The number of rotatable bonds is 5. The van der Waals surface area contributed by atoms with E-state index in [1.165, 1.54) is 11.3 Å². The molecule has 0 saturated heterocycles. The maximum Gasteiger partial charge on any atom is 0.263 e. The molecular weight excluding hydrogens is 232 g/mol. The molecule has 1 atom stereocenters. The molecule has 1 amide bonds. The highest BCUT2D eigenvalue weighted by Crippen LogP contribution is 2.17. The number of aryl methyl sites for hydroxylation is 1. The molecule has 4 heteroatoms. The van der Waals surface area contributed by atoms with Gasteiger partial charge in [0.15, 0.2) is 0 Å². The smallest absolute Gasteiger partial charge is 0.263 e. The molecule has 2 N–H and O–H groups in total. The minimum absolute atomic E-state index is 0.105. The third-order valence-corrected chi connectivity index (χ3v) is 4.06. The molecule has 0 spiro atoms. The monoisotopic (exact) mass is 254 g/mol. The summed E-state index contributed by atoms with van der Waals surface area (Å²) in [6, 6.07) is 2.14. The summed E-state index contributed by atoms with van der Waals surface area (Å²) in [5.41, 5.74) is 7.03. The molecular formula is C13H22N2OS. The van der Waals surface area contributed by atoms with Gasteiger partial charge in [-0.2, -0.15) is 0 Å². The zero-order valence-electron chi connectivity index (χ0n) is 11.1. The van der Waals surface area contributed by atoms with Gasteiger partial charge in [0.05, 0.1) is 4.88 Å². The van der Waals surface area contributed by atoms with Crippen molar-refractivity contribution in [1.82, 2.24) is 4.90 Å². The quantitative estimate of drug-likeness (QED) is 0.877. The van der Waals surface area contributed by atoms with Crippen molar-refractivity contribution < 1.29 is 4.79 Å². The van der Waals surface area contributed by atoms with E-state index in [2.05, 4.69) is 13.8 Å². The fourth-order valence-corrected chi connectivity index (χ4v) is 2.46. The summed E-state index contributed by atoms with van der Waals surface area (Å²) in [6.07, 6.45) is 0.852. The average molecular weight is 254 g/mol. The van der Waals surface area contributed by atoms with E-state index in [0.717, 1.165) is 23.4 Å². The van der Waals surface area contributed by atoms with Crippen LogP contribution in [0.1, 0.15) is 35.5 Å². The Kier molecular flexibility index (Phi) is 5.15. The van der Waals surface area contributed by atoms with Crippen molar-refractivity contribution in [3.8, 4) is 0 Å². The Hall–Kier alpha value is -0.870. The first-order chi connectivity index (χ1) is 7.93. The van der Waals surface area contributed by atoms with Gasteiger partial charge in [0.2, 0.25) is 0 Å². The molecule has 0 bridgehead atoms. The summed E-state index contributed by atoms with van der Waals surface area (Å²) < 4.78 is 0. The van der Waals surface area contributed by atoms with Crippen molar-refractivity contribution in [2.24, 2.45) is 11.7 Å². The number of hydrogen-bond donors (Lipinski definition) is 1. The highest BCUT2D eigenvalue weighted by Gasteiger charge is 2.16. The highest BCUT2D eigenvalue weighted by atomic mass is 32.1. The van der Waals surface area contributed by atoms with Crippen LogP contribution in [0.25, 0.3) is 0 Å². The summed E-state index contributed by atoms with van der Waals surface area (Å²) in [5.74, 6) is 0.565. The SMILES string of the molecule is Cc1ccsc1C(=O)N(C)CCC(N)C(C)C. The van der Waals surface area contributed by atoms with Crippen molar-refractivity contribution in [2.45, 2.75) is 33.2 Å². The molecule has 0 saturated carbocycles. The van der Waals surface area contributed by atoms with Crippen LogP contribution in [0.5, 0.6) is 0 Å². The molecule has 17 heavy (non-hydrogen) atoms. The second-order valence-corrected chi connectivity index (χ2v) is 5.77. The summed E-state index contributed by atoms with van der Waals surface area (Å²) >= 11 is 1.50. The first-order valence-corrected chi connectivity index (χ1v) is 6.86. The first kappa shape index (κ1) is 14.2. The van der Waals surface area contributed by atoms with Gasteiger partial charge in [-0.3, -0.25) is 4.79 Å². The van der Waals surface area contributed by atoms with Crippen LogP contribution in [0, 0.1) is 12.8 Å². The molecule has 0 fully saturated rings. The molecule has 0 radical (unpaired) electrons. The molecule has 1 aromatic heterocycles. The lowest BCUT2D eigenvalue weighted by Crippen LogP contribution is -2.34. The second kappa shape index (κ2) is 6.17. The first-order valence-electron chi connectivity index (χ1n) is 5.98. The average Bonchev–Trinajstić information content (AvgIpc) is 2.70. The molecule has 3 nitrogen and oxygen atoms in total. The number of nitrogens with two attached hydrogens (primary N) is 1. The Bertz CT molecular complexity index is 373. The van der Waals surface area contributed by atoms with Crippen LogP contribution >= 0.6 is 11.3 Å². The fraction of sp³-hybridized carbons (Fsp3) is 0.615. The molecule has 0 aliphatic rings. The number of hydrogen-bond acceptors (Lipinski definition) is 3. The minimum Gasteiger partial charge on any atom is -0.341 e. The largest absolute Gasteiger partial charge is 0.341 e. The molecule has 1 unspecified atom stereocenters. The third kappa shape index (κ3) is 3.82. The summed E-state index contributed by atoms with van der Waals surface area (Å²) in [4.78, 5) is 14.7. The van der Waals surface area contributed by atoms with Crippen LogP contribution in [0.15, 0.2) is 11.4 Å². The summed E-state index contributed by atoms with van der Waals surface area (Å²) in [7, 11) is 1.84. The van der Waals surface area contributed by atoms with E-state index in [4.69, 9.17) is 5.73 Å². The Balaban J connectivity index is 2.51. The van der Waals surface area contributed by atoms with E-state index in [9.17, 15) is 4.79 Å². The van der Waals surface area contributed by atoms with Gasteiger partial charge in [0, 0.05) is 19.6 Å². The van der Waals surface area contributed by atoms with Crippen LogP contribution < -0.4 is 5.73 Å². The van der Waals surface area contributed by atoms with Gasteiger partial charge < -0.3 is 10.6 Å². The number of carbonyl (C=O) groups is 1. The zero-order valence-corrected chi connectivity index (χ0v) is 11.9. The lowest BCUT2D eigenvalue weighted by molar-refractivity contribution is 0.0793. The summed E-state index contributed by atoms with van der Waals surface area (Å²) in [5, 5.41) is 1.95. The number of nitrogens with zero attached hydrogens (tertiary/aromatic N) is 1. The van der Waals surface area contributed by atoms with Gasteiger partial charge in [-0.1, -0.05) is 13.8 Å². The van der Waals surface area contributed by atoms with Crippen molar-refractivity contribution in [2.75, 3.05) is 13.6 Å². The van der Waals surface area contributed by atoms with E-state index in [0.29, 0.717) is 5.92 Å². The molecule has 0 aliphatic heterocycles. The number of thiophene rings is 1. The normalized spacial score (nSPS) is 12.8. The Morgan fingerprint density at radius 2 is 2.18 bits per heavy atom. The van der Waals surface area contributed by atoms with Crippen LogP contribution in [0.2, 0.25) is 0 Å². The predicted molar refractivity (Wildman–Crippen MR) is 73.4 cm³/mol. The van der Waals surface area contributed by atoms with E-state index in [-0.39, 0.29) is 11.9 Å². The van der Waals surface area contributed by atoms with Crippen molar-refractivity contribution in [1.29, 1.82) is 0 Å². The van der Waals surface area contributed by atoms with E-state index >= 15 is 0 Å². The van der Waals surface area contributed by atoms with Gasteiger partial charge in [-0.15, -0.1) is 11.3 Å². The van der Waals surface area contributed by atoms with Crippen LogP contribution in [0.3, 0.4) is 0 Å². The Morgan fingerprint density at radius 1 is 1.53 bits per heavy atom. The molecule has 1 aromatic rings. The third-order valence-electron chi connectivity index (χ3n) is 3.06. The van der Waals surface area contributed by atoms with Gasteiger partial charge in [-0.25, -0.2) is 0 Å². The number of amides is 1. The maximum absolute atomic E-state index is 12.1. The van der Waals surface area contributed by atoms with Crippen molar-refractivity contribution in [3.63, 3.8) is 0 Å². The van der Waals surface area contributed by atoms with Gasteiger partial charge in [-0.05, 0) is 36.3 Å². The summed E-state index contributed by atoms with van der Waals surface area (Å²) in [6.45, 7) is 6.90. The maximum atomic E-state index is 12.1. The van der Waals surface area contributed by atoms with Gasteiger partial charge >= 0.3 is 0 Å². The van der Waals surface area contributed by atoms with Crippen LogP contribution in [0.4, 0.5) is 0 Å². The van der Waals surface area contributed by atoms with Crippen LogP contribution in [-0.4, -0.2) is 30.4 Å². The molecule has 96 valence electrons. The van der Waals surface area contributed by atoms with E-state index in [1.807, 2.05) is 25.4 Å². The van der Waals surface area contributed by atoms with E-state index < -0.39 is 0 Å². The van der Waals surface area contributed by atoms with Crippen LogP contribution in [-0.2, 0) is 0 Å². The van der Waals surface area contributed by atoms with Gasteiger partial charge in [0.1, 0.15) is 0 Å². The van der Waals surface area contributed by atoms with Crippen molar-refractivity contribution in [3.05, 3.63) is 21.9 Å². The molecule has 1 rings (SSSR count). The minimum atomic E-state index is 0.105. The zero-order chi connectivity index (χ0) is 13.0. The molecule has 0 aliphatic carbocycles. The predicted octanol–water partition coefficient (Wildman–Crippen LogP) is 2.50. The topological polar surface area (TPSA) is 46.3 Å². The Morgan fingerprint density at radius 3 is 2.65 bits per heavy atom. The molecule has 1 heterocycles. The highest BCUT2D eigenvalue weighted by molar-refractivity contribution is 7.12. The standard InChI is InChI=1S/C13H22N2OS/c1-9(2)11(14)5-7-15(4)13(16)12-10(3)6-8-17-12/h6,8-9,11H,5,7,14H2,1-4H3. The van der Waals surface area contributed by atoms with Crippen molar-refractivity contribution >= 4 is 17.2 Å². The molecule has 0 aromatic carbocycles. The lowest BCUT2D eigenvalue weighted by atomic mass is 10.0. The Labute approximate surface area is 108 Å². The number of carbonyl (C=O) groups excluding carboxylic acids is 1. The fourth-order valence-electron chi connectivity index (χ4n) is 1.54. The van der Waals surface area contributed by atoms with Gasteiger partial charge in [0.25, 0.3) is 5.91 Å². The van der Waals surface area contributed by atoms with E-state index in [1.54, 1.807) is 4.90 Å². The lowest BCUT2D eigenvalue weighted by Gasteiger charge is -2.21. The second-order valence-electron chi connectivity index (χ2n) is 4.86.